The van der Waals surface area contributed by atoms with Crippen molar-refractivity contribution in [3.63, 3.8) is 0 Å². The highest BCUT2D eigenvalue weighted by Crippen LogP contribution is 2.52. The van der Waals surface area contributed by atoms with E-state index in [9.17, 15) is 0 Å². The van der Waals surface area contributed by atoms with Crippen molar-refractivity contribution in [1.29, 1.82) is 0 Å². The van der Waals surface area contributed by atoms with Crippen molar-refractivity contribution >= 4 is 98.8 Å². The summed E-state index contributed by atoms with van der Waals surface area (Å²) >= 11 is 0. The first-order valence-electron chi connectivity index (χ1n) is 22.7. The van der Waals surface area contributed by atoms with Gasteiger partial charge in [-0.3, -0.25) is 0 Å². The minimum absolute atomic E-state index is 0.269. The zero-order valence-corrected chi connectivity index (χ0v) is 36.3. The Morgan fingerprint density at radius 3 is 1.23 bits per heavy atom. The summed E-state index contributed by atoms with van der Waals surface area (Å²) in [6.07, 6.45) is 0. The Bertz CT molecular complexity index is 3870. The lowest BCUT2D eigenvalue weighted by atomic mass is 9.68. The molecule has 0 heterocycles. The Hall–Kier alpha value is -8.20. The van der Waals surface area contributed by atoms with E-state index in [4.69, 9.17) is 0 Å². The molecule has 0 fully saturated rings. The van der Waals surface area contributed by atoms with Crippen LogP contribution in [0.5, 0.6) is 0 Å². The molecule has 0 aromatic heterocycles. The van der Waals surface area contributed by atoms with Gasteiger partial charge in [-0.15, -0.1) is 0 Å². The van der Waals surface area contributed by atoms with Gasteiger partial charge < -0.3 is 9.80 Å². The molecule has 0 atom stereocenters. The van der Waals surface area contributed by atoms with Crippen molar-refractivity contribution in [1.82, 2.24) is 0 Å². The summed E-state index contributed by atoms with van der Waals surface area (Å²) in [5.41, 5.74) is 11.8. The average molecular weight is 829 g/mol. The maximum Gasteiger partial charge on any atom is 0.0468 e. The Morgan fingerprint density at radius 2 is 0.677 bits per heavy atom. The number of nitrogens with zero attached hydrogens (tertiary/aromatic N) is 2. The molecule has 0 saturated carbocycles. The van der Waals surface area contributed by atoms with Crippen LogP contribution < -0.4 is 9.80 Å². The lowest BCUT2D eigenvalue weighted by Gasteiger charge is -2.37. The second-order valence-corrected chi connectivity index (χ2v) is 18.1. The molecular formula is C63H44N2. The van der Waals surface area contributed by atoms with Gasteiger partial charge in [0.2, 0.25) is 0 Å². The van der Waals surface area contributed by atoms with Gasteiger partial charge in [0, 0.05) is 39.5 Å². The molecule has 1 aliphatic rings. The summed E-state index contributed by atoms with van der Waals surface area (Å²) in [7, 11) is 0. The zero-order chi connectivity index (χ0) is 43.2. The Labute approximate surface area is 378 Å². The summed E-state index contributed by atoms with van der Waals surface area (Å²) < 4.78 is 0. The first kappa shape index (κ1) is 37.4. The van der Waals surface area contributed by atoms with Crippen LogP contribution >= 0.6 is 0 Å². The van der Waals surface area contributed by atoms with Crippen LogP contribution in [0, 0.1) is 0 Å². The molecule has 0 spiro atoms. The normalized spacial score (nSPS) is 12.9. The fraction of sp³-hybridized carbons (Fsp3) is 0.0476. The number of para-hydroxylation sites is 2. The lowest BCUT2D eigenvalue weighted by molar-refractivity contribution is 0.645. The van der Waals surface area contributed by atoms with E-state index < -0.39 is 0 Å². The molecule has 12 aromatic rings. The molecule has 0 bridgehead atoms. The predicted molar refractivity (Wildman–Crippen MR) is 278 cm³/mol. The highest BCUT2D eigenvalue weighted by atomic mass is 15.1. The molecule has 1 aliphatic carbocycles. The molecule has 0 aliphatic heterocycles. The number of fused-ring (bicyclic) bond motifs is 10. The minimum Gasteiger partial charge on any atom is -0.310 e. The van der Waals surface area contributed by atoms with Crippen molar-refractivity contribution in [2.24, 2.45) is 0 Å². The third kappa shape index (κ3) is 5.88. The molecule has 0 radical (unpaired) electrons. The van der Waals surface area contributed by atoms with Crippen LogP contribution in [0.25, 0.3) is 75.8 Å². The van der Waals surface area contributed by atoms with Gasteiger partial charge in [-0.1, -0.05) is 166 Å². The van der Waals surface area contributed by atoms with E-state index in [0.29, 0.717) is 0 Å². The van der Waals surface area contributed by atoms with E-state index in [1.54, 1.807) is 0 Å². The fourth-order valence-corrected chi connectivity index (χ4v) is 10.9. The maximum absolute atomic E-state index is 2.45. The van der Waals surface area contributed by atoms with Crippen molar-refractivity contribution < 1.29 is 0 Å². The largest absolute Gasteiger partial charge is 0.310 e. The van der Waals surface area contributed by atoms with E-state index in [1.807, 2.05) is 0 Å². The Morgan fingerprint density at radius 1 is 0.262 bits per heavy atom. The van der Waals surface area contributed by atoms with Crippen LogP contribution in [0.2, 0.25) is 0 Å². The smallest absolute Gasteiger partial charge is 0.0468 e. The summed E-state index contributed by atoms with van der Waals surface area (Å²) in [5, 5.41) is 15.1. The van der Waals surface area contributed by atoms with Gasteiger partial charge in [-0.05, 0) is 166 Å². The molecule has 0 unspecified atom stereocenters. The van der Waals surface area contributed by atoms with Gasteiger partial charge in [0.15, 0.2) is 0 Å². The van der Waals surface area contributed by atoms with Gasteiger partial charge in [-0.25, -0.2) is 0 Å². The number of hydrogen-bond donors (Lipinski definition) is 0. The van der Waals surface area contributed by atoms with Crippen LogP contribution in [-0.4, -0.2) is 0 Å². The molecule has 12 aromatic carbocycles. The van der Waals surface area contributed by atoms with Gasteiger partial charge in [0.25, 0.3) is 0 Å². The standard InChI is InChI=1S/C63H44N2/c1-63(2)60-23-13-22-55-58-39-50(64(46-16-5-3-6-17-46)48-31-28-43-26-24-41-14-9-11-20-52(41)56(43)37-48)33-30-45(58)36-59(62(55)60)54-35-34-51(40-61(54)63)65(47-18-7-4-8-19-47)49-32-29-44-27-25-42-15-10-12-21-53(42)57(44)38-49/h3-40H,1-2H3. The molecular weight excluding hydrogens is 785 g/mol. The summed E-state index contributed by atoms with van der Waals surface area (Å²) in [6.45, 7) is 4.81. The number of hydrogen-bond acceptors (Lipinski definition) is 2. The van der Waals surface area contributed by atoms with Gasteiger partial charge in [-0.2, -0.15) is 0 Å². The van der Waals surface area contributed by atoms with Crippen LogP contribution in [0.1, 0.15) is 25.0 Å². The summed E-state index contributed by atoms with van der Waals surface area (Å²) in [6, 6.07) is 85.3. The lowest BCUT2D eigenvalue weighted by Crippen LogP contribution is -2.24. The van der Waals surface area contributed by atoms with E-state index in [2.05, 4.69) is 254 Å². The second kappa shape index (κ2) is 14.4. The summed E-state index contributed by atoms with van der Waals surface area (Å²) in [5.74, 6) is 0. The molecule has 13 rings (SSSR count). The monoisotopic (exact) mass is 828 g/mol. The van der Waals surface area contributed by atoms with Crippen LogP contribution in [0.3, 0.4) is 0 Å². The van der Waals surface area contributed by atoms with Crippen molar-refractivity contribution in [2.75, 3.05) is 9.80 Å². The SMILES string of the molecule is CC1(C)c2cc(N(c3ccccc3)c3ccc4ccc5ccccc5c4c3)ccc2-c2cc3ccc(N(c4ccccc4)c4ccc5ccc6ccccc6c5c4)cc3c3cccc1c23. The zero-order valence-electron chi connectivity index (χ0n) is 36.3. The highest BCUT2D eigenvalue weighted by molar-refractivity contribution is 6.18. The second-order valence-electron chi connectivity index (χ2n) is 18.1. The van der Waals surface area contributed by atoms with E-state index >= 15 is 0 Å². The van der Waals surface area contributed by atoms with Gasteiger partial charge >= 0.3 is 0 Å². The van der Waals surface area contributed by atoms with E-state index in [0.717, 1.165) is 34.1 Å². The third-order valence-corrected chi connectivity index (χ3v) is 14.1. The van der Waals surface area contributed by atoms with E-state index in [-0.39, 0.29) is 5.41 Å². The average Bonchev–Trinajstić information content (AvgIpc) is 3.36. The third-order valence-electron chi connectivity index (χ3n) is 14.1. The molecule has 0 saturated heterocycles. The predicted octanol–water partition coefficient (Wildman–Crippen LogP) is 17.9. The Balaban J connectivity index is 0.975. The quantitative estimate of drug-likeness (QED) is 0.154. The summed E-state index contributed by atoms with van der Waals surface area (Å²) in [4.78, 5) is 4.83. The Kier molecular flexibility index (Phi) is 8.29. The molecule has 65 heavy (non-hydrogen) atoms. The van der Waals surface area contributed by atoms with Crippen molar-refractivity contribution in [3.8, 4) is 11.1 Å². The van der Waals surface area contributed by atoms with Gasteiger partial charge in [0.05, 0.1) is 0 Å². The topological polar surface area (TPSA) is 6.48 Å². The van der Waals surface area contributed by atoms with Crippen LogP contribution in [0.4, 0.5) is 34.1 Å². The maximum atomic E-state index is 2.45. The van der Waals surface area contributed by atoms with Crippen molar-refractivity contribution in [3.05, 3.63) is 242 Å². The molecule has 2 nitrogen and oxygen atoms in total. The van der Waals surface area contributed by atoms with Crippen LogP contribution in [0.15, 0.2) is 231 Å². The first-order valence-corrected chi connectivity index (χ1v) is 22.7. The molecule has 306 valence electrons. The number of rotatable bonds is 6. The van der Waals surface area contributed by atoms with Crippen molar-refractivity contribution in [2.45, 2.75) is 19.3 Å². The highest BCUT2D eigenvalue weighted by Gasteiger charge is 2.35. The molecule has 0 amide bonds. The molecule has 2 heteroatoms. The minimum atomic E-state index is -0.269. The van der Waals surface area contributed by atoms with Gasteiger partial charge in [0.1, 0.15) is 0 Å². The first-order chi connectivity index (χ1) is 32.0. The fourth-order valence-electron chi connectivity index (χ4n) is 10.9. The molecule has 0 N–H and O–H groups in total. The van der Waals surface area contributed by atoms with Crippen LogP contribution in [-0.2, 0) is 5.41 Å². The number of benzene rings is 12. The van der Waals surface area contributed by atoms with E-state index in [1.165, 1.54) is 86.9 Å². The number of anilines is 6.